The van der Waals surface area contributed by atoms with Crippen LogP contribution in [0.1, 0.15) is 0 Å². The molecule has 8 nitrogen and oxygen atoms in total. The summed E-state index contributed by atoms with van der Waals surface area (Å²) in [5.74, 6) is -0.230. The average molecular weight is 426 g/mol. The van der Waals surface area contributed by atoms with Crippen LogP contribution in [0.15, 0.2) is 67.3 Å². The van der Waals surface area contributed by atoms with Crippen molar-refractivity contribution >= 4 is 34.2 Å². The molecule has 0 bridgehead atoms. The van der Waals surface area contributed by atoms with Crippen LogP contribution in [0.4, 0.5) is 27.5 Å². The van der Waals surface area contributed by atoms with Crippen LogP contribution in [-0.2, 0) is 7.05 Å². The second-order valence-corrected chi connectivity index (χ2v) is 7.27. The van der Waals surface area contributed by atoms with Gasteiger partial charge in [0.2, 0.25) is 5.95 Å². The fraction of sp³-hybridized carbons (Fsp3) is 0.0435. The molecule has 5 N–H and O–H groups in total. The smallest absolute Gasteiger partial charge is 0.222 e. The lowest BCUT2D eigenvalue weighted by atomic mass is 9.99. The Morgan fingerprint density at radius 1 is 0.906 bits per heavy atom. The number of rotatable bonds is 4. The maximum Gasteiger partial charge on any atom is 0.222 e. The highest BCUT2D eigenvalue weighted by Gasteiger charge is 2.17. The summed E-state index contributed by atoms with van der Waals surface area (Å²) >= 11 is 0. The lowest BCUT2D eigenvalue weighted by Crippen LogP contribution is -2.05. The van der Waals surface area contributed by atoms with Gasteiger partial charge in [-0.2, -0.15) is 4.98 Å². The molecule has 0 amide bonds. The first-order valence-corrected chi connectivity index (χ1v) is 9.81. The van der Waals surface area contributed by atoms with Crippen molar-refractivity contribution in [2.45, 2.75) is 0 Å². The van der Waals surface area contributed by atoms with Crippen LogP contribution in [0.25, 0.3) is 33.4 Å². The first-order valence-electron chi connectivity index (χ1n) is 9.81. The van der Waals surface area contributed by atoms with Gasteiger partial charge in [0.1, 0.15) is 17.3 Å². The number of halogens is 1. The lowest BCUT2D eigenvalue weighted by molar-refractivity contribution is 0.632. The SMILES string of the molecule is Cn1ccc2c(Nc3ccc(-c4c(N)nc(N)nc4-c4ccncc4)cc3F)ccnc21. The third-order valence-electron chi connectivity index (χ3n) is 5.20. The number of nitrogens with two attached hydrogens (primary N) is 2. The minimum atomic E-state index is -0.444. The summed E-state index contributed by atoms with van der Waals surface area (Å²) in [5, 5.41) is 4.06. The summed E-state index contributed by atoms with van der Waals surface area (Å²) < 4.78 is 17.1. The van der Waals surface area contributed by atoms with Crippen LogP contribution in [0.2, 0.25) is 0 Å². The number of nitrogen functional groups attached to an aromatic ring is 2. The van der Waals surface area contributed by atoms with Gasteiger partial charge in [0, 0.05) is 42.8 Å². The summed E-state index contributed by atoms with van der Waals surface area (Å²) in [7, 11) is 1.91. The predicted molar refractivity (Wildman–Crippen MR) is 123 cm³/mol. The molecule has 9 heteroatoms. The maximum absolute atomic E-state index is 15.2. The Hall–Kier alpha value is -4.53. The Labute approximate surface area is 182 Å². The molecule has 4 aromatic heterocycles. The molecule has 32 heavy (non-hydrogen) atoms. The Balaban J connectivity index is 1.57. The van der Waals surface area contributed by atoms with E-state index in [-0.39, 0.29) is 11.8 Å². The van der Waals surface area contributed by atoms with E-state index in [2.05, 4.69) is 25.3 Å². The number of anilines is 4. The quantitative estimate of drug-likeness (QED) is 0.395. The molecule has 0 aliphatic heterocycles. The van der Waals surface area contributed by atoms with Gasteiger partial charge in [0.15, 0.2) is 0 Å². The van der Waals surface area contributed by atoms with Crippen molar-refractivity contribution in [3.8, 4) is 22.4 Å². The first-order chi connectivity index (χ1) is 15.5. The number of nitrogens with one attached hydrogen (secondary N) is 1. The Morgan fingerprint density at radius 2 is 1.72 bits per heavy atom. The topological polar surface area (TPSA) is 121 Å². The molecule has 5 rings (SSSR count). The largest absolute Gasteiger partial charge is 0.383 e. The molecule has 0 saturated heterocycles. The minimum Gasteiger partial charge on any atom is -0.383 e. The summed E-state index contributed by atoms with van der Waals surface area (Å²) in [6.45, 7) is 0. The van der Waals surface area contributed by atoms with Crippen LogP contribution in [0, 0.1) is 5.82 Å². The van der Waals surface area contributed by atoms with Gasteiger partial charge in [0.05, 0.1) is 22.6 Å². The number of hydrogen-bond acceptors (Lipinski definition) is 7. The third-order valence-corrected chi connectivity index (χ3v) is 5.20. The monoisotopic (exact) mass is 426 g/mol. The molecule has 0 atom stereocenters. The fourth-order valence-corrected chi connectivity index (χ4v) is 3.69. The van der Waals surface area contributed by atoms with Crippen LogP contribution in [0.3, 0.4) is 0 Å². The van der Waals surface area contributed by atoms with E-state index >= 15 is 4.39 Å². The van der Waals surface area contributed by atoms with Crippen LogP contribution >= 0.6 is 0 Å². The van der Waals surface area contributed by atoms with E-state index in [0.717, 1.165) is 22.3 Å². The second-order valence-electron chi connectivity index (χ2n) is 7.27. The van der Waals surface area contributed by atoms with Crippen molar-refractivity contribution in [2.24, 2.45) is 7.05 Å². The minimum absolute atomic E-state index is 0.0430. The van der Waals surface area contributed by atoms with E-state index < -0.39 is 5.82 Å². The molecule has 158 valence electrons. The van der Waals surface area contributed by atoms with Gasteiger partial charge in [-0.3, -0.25) is 4.98 Å². The normalized spacial score (nSPS) is 11.1. The maximum atomic E-state index is 15.2. The highest BCUT2D eigenvalue weighted by Crippen LogP contribution is 2.36. The standard InChI is InChI=1S/C23H19FN8/c1-32-11-7-15-17(6-10-28-22(15)32)29-18-3-2-14(12-16(18)24)19-20(13-4-8-27-9-5-13)30-23(26)31-21(19)25/h2-12H,1H3,(H,28,29)(H4,25,26,30,31). The highest BCUT2D eigenvalue weighted by molar-refractivity contribution is 5.92. The van der Waals surface area contributed by atoms with Crippen molar-refractivity contribution in [1.29, 1.82) is 0 Å². The molecule has 0 fully saturated rings. The van der Waals surface area contributed by atoms with Crippen molar-refractivity contribution in [3.05, 3.63) is 73.1 Å². The van der Waals surface area contributed by atoms with Crippen molar-refractivity contribution in [2.75, 3.05) is 16.8 Å². The number of fused-ring (bicyclic) bond motifs is 1. The van der Waals surface area contributed by atoms with Gasteiger partial charge >= 0.3 is 0 Å². The van der Waals surface area contributed by atoms with Gasteiger partial charge in [-0.15, -0.1) is 0 Å². The summed E-state index contributed by atoms with van der Waals surface area (Å²) in [6, 6.07) is 12.1. The number of benzene rings is 1. The molecular weight excluding hydrogens is 407 g/mol. The number of aromatic nitrogens is 5. The van der Waals surface area contributed by atoms with Crippen LogP contribution in [0.5, 0.6) is 0 Å². The number of aryl methyl sites for hydroxylation is 1. The molecule has 0 aliphatic carbocycles. The lowest BCUT2D eigenvalue weighted by Gasteiger charge is -2.14. The van der Waals surface area contributed by atoms with Crippen molar-refractivity contribution < 1.29 is 4.39 Å². The average Bonchev–Trinajstić information content (AvgIpc) is 3.17. The van der Waals surface area contributed by atoms with E-state index in [0.29, 0.717) is 22.5 Å². The predicted octanol–water partition coefficient (Wildman–Crippen LogP) is 4.14. The fourth-order valence-electron chi connectivity index (χ4n) is 3.69. The molecule has 4 heterocycles. The second kappa shape index (κ2) is 7.62. The van der Waals surface area contributed by atoms with E-state index in [1.807, 2.05) is 29.9 Å². The zero-order chi connectivity index (χ0) is 22.2. The summed E-state index contributed by atoms with van der Waals surface area (Å²) in [6.07, 6.45) is 6.87. The molecule has 0 radical (unpaired) electrons. The van der Waals surface area contributed by atoms with Gasteiger partial charge in [0.25, 0.3) is 0 Å². The summed E-state index contributed by atoms with van der Waals surface area (Å²) in [4.78, 5) is 16.8. The Bertz CT molecular complexity index is 1450. The molecule has 5 aromatic rings. The Morgan fingerprint density at radius 3 is 2.50 bits per heavy atom. The molecular formula is C23H19FN8. The molecule has 0 spiro atoms. The third kappa shape index (κ3) is 3.35. The Kier molecular flexibility index (Phi) is 4.63. The zero-order valence-corrected chi connectivity index (χ0v) is 17.1. The molecule has 0 aliphatic rings. The molecule has 0 unspecified atom stereocenters. The van der Waals surface area contributed by atoms with E-state index in [4.69, 9.17) is 11.5 Å². The van der Waals surface area contributed by atoms with Gasteiger partial charge in [-0.1, -0.05) is 6.07 Å². The van der Waals surface area contributed by atoms with Crippen molar-refractivity contribution in [3.63, 3.8) is 0 Å². The number of nitrogens with zero attached hydrogens (tertiary/aromatic N) is 5. The van der Waals surface area contributed by atoms with Crippen molar-refractivity contribution in [1.82, 2.24) is 24.5 Å². The van der Waals surface area contributed by atoms with Gasteiger partial charge in [-0.25, -0.2) is 14.4 Å². The molecule has 1 aromatic carbocycles. The van der Waals surface area contributed by atoms with E-state index in [1.165, 1.54) is 6.07 Å². The first kappa shape index (κ1) is 19.4. The zero-order valence-electron chi connectivity index (χ0n) is 17.1. The van der Waals surface area contributed by atoms with E-state index in [9.17, 15) is 0 Å². The van der Waals surface area contributed by atoms with Crippen LogP contribution < -0.4 is 16.8 Å². The number of pyridine rings is 2. The van der Waals surface area contributed by atoms with Gasteiger partial charge in [-0.05, 0) is 42.0 Å². The summed E-state index contributed by atoms with van der Waals surface area (Å²) in [5.41, 5.74) is 16.2. The van der Waals surface area contributed by atoms with Crippen LogP contribution in [-0.4, -0.2) is 24.5 Å². The van der Waals surface area contributed by atoms with Gasteiger partial charge < -0.3 is 21.4 Å². The number of hydrogen-bond donors (Lipinski definition) is 3. The van der Waals surface area contributed by atoms with E-state index in [1.54, 1.807) is 42.9 Å². The highest BCUT2D eigenvalue weighted by atomic mass is 19.1. The molecule has 0 saturated carbocycles.